The first-order chi connectivity index (χ1) is 12.2. The van der Waals surface area contributed by atoms with Gasteiger partial charge in [0.15, 0.2) is 0 Å². The number of nitrogens with one attached hydrogen (secondary N) is 2. The highest BCUT2D eigenvalue weighted by Gasteiger charge is 2.14. The molecule has 2 N–H and O–H groups in total. The largest absolute Gasteiger partial charge is 0.422 e. The van der Waals surface area contributed by atoms with Crippen LogP contribution in [0.15, 0.2) is 63.8 Å². The summed E-state index contributed by atoms with van der Waals surface area (Å²) >= 11 is 0. The number of carbonyl (C=O) groups is 1. The molecule has 0 saturated carbocycles. The minimum Gasteiger partial charge on any atom is -0.422 e. The zero-order valence-electron chi connectivity index (χ0n) is 12.8. The van der Waals surface area contributed by atoms with Crippen LogP contribution in [0.4, 0.5) is 5.69 Å². The van der Waals surface area contributed by atoms with Gasteiger partial charge in [-0.25, -0.2) is 4.79 Å². The maximum atomic E-state index is 12.4. The minimum absolute atomic E-state index is 0.0547. The van der Waals surface area contributed by atoms with E-state index >= 15 is 0 Å². The van der Waals surface area contributed by atoms with Crippen molar-refractivity contribution in [3.8, 4) is 11.4 Å². The van der Waals surface area contributed by atoms with E-state index in [4.69, 9.17) is 4.42 Å². The van der Waals surface area contributed by atoms with Gasteiger partial charge in [-0.05, 0) is 41.6 Å². The fourth-order valence-electron chi connectivity index (χ4n) is 2.41. The zero-order chi connectivity index (χ0) is 17.2. The molecule has 0 fully saturated rings. The molecule has 2 heterocycles. The van der Waals surface area contributed by atoms with Crippen LogP contribution in [0.5, 0.6) is 0 Å². The van der Waals surface area contributed by atoms with Gasteiger partial charge < -0.3 is 9.73 Å². The van der Waals surface area contributed by atoms with E-state index in [-0.39, 0.29) is 5.56 Å². The third-order valence-electron chi connectivity index (χ3n) is 3.63. The third-order valence-corrected chi connectivity index (χ3v) is 3.63. The number of aromatic amines is 1. The lowest BCUT2D eigenvalue weighted by Crippen LogP contribution is -2.20. The molecular formula is C17H11N5O3. The number of nitrogens with zero attached hydrogens (tertiary/aromatic N) is 3. The van der Waals surface area contributed by atoms with Crippen LogP contribution in [0.25, 0.3) is 22.4 Å². The van der Waals surface area contributed by atoms with E-state index in [1.807, 2.05) is 0 Å². The van der Waals surface area contributed by atoms with Gasteiger partial charge in [0.05, 0.1) is 0 Å². The maximum absolute atomic E-state index is 12.4. The lowest BCUT2D eigenvalue weighted by molar-refractivity contribution is 0.102. The lowest BCUT2D eigenvalue weighted by atomic mass is 10.1. The molecule has 0 saturated heterocycles. The first-order valence-electron chi connectivity index (χ1n) is 7.39. The summed E-state index contributed by atoms with van der Waals surface area (Å²) in [4.78, 5) is 24.4. The predicted octanol–water partition coefficient (Wildman–Crippen LogP) is 2.23. The minimum atomic E-state index is -0.681. The molecule has 0 radical (unpaired) electrons. The van der Waals surface area contributed by atoms with Crippen molar-refractivity contribution in [3.05, 3.63) is 70.6 Å². The number of benzene rings is 2. The SMILES string of the molecule is O=C(Nc1ccc(-c2nn[nH]n2)cc1)c1cc2ccccc2oc1=O. The van der Waals surface area contributed by atoms with Crippen LogP contribution in [0.1, 0.15) is 10.4 Å². The number of amides is 1. The van der Waals surface area contributed by atoms with Gasteiger partial charge in [-0.15, -0.1) is 10.2 Å². The summed E-state index contributed by atoms with van der Waals surface area (Å²) in [6, 6.07) is 15.4. The second kappa shape index (κ2) is 6.00. The topological polar surface area (TPSA) is 114 Å². The number of H-pyrrole nitrogens is 1. The Kier molecular flexibility index (Phi) is 3.55. The van der Waals surface area contributed by atoms with E-state index in [2.05, 4.69) is 25.9 Å². The second-order valence-corrected chi connectivity index (χ2v) is 5.25. The predicted molar refractivity (Wildman–Crippen MR) is 90.1 cm³/mol. The normalized spacial score (nSPS) is 10.7. The Morgan fingerprint density at radius 1 is 1.08 bits per heavy atom. The summed E-state index contributed by atoms with van der Waals surface area (Å²) in [7, 11) is 0. The molecule has 0 atom stereocenters. The van der Waals surface area contributed by atoms with Gasteiger partial charge in [0.25, 0.3) is 5.91 Å². The number of anilines is 1. The molecule has 8 heteroatoms. The number of hydrogen-bond acceptors (Lipinski definition) is 6. The monoisotopic (exact) mass is 333 g/mol. The van der Waals surface area contributed by atoms with E-state index in [1.54, 1.807) is 48.5 Å². The molecule has 0 aliphatic rings. The molecule has 2 aromatic carbocycles. The fraction of sp³-hybridized carbons (Fsp3) is 0. The van der Waals surface area contributed by atoms with Gasteiger partial charge in [0.2, 0.25) is 5.82 Å². The quantitative estimate of drug-likeness (QED) is 0.556. The summed E-state index contributed by atoms with van der Waals surface area (Å²) in [5, 5.41) is 17.0. The van der Waals surface area contributed by atoms with E-state index in [0.29, 0.717) is 22.5 Å². The Morgan fingerprint density at radius 2 is 1.88 bits per heavy atom. The molecule has 0 aliphatic carbocycles. The Bertz CT molecular complexity index is 1100. The summed E-state index contributed by atoms with van der Waals surface area (Å²) < 4.78 is 5.18. The highest BCUT2D eigenvalue weighted by atomic mass is 16.4. The van der Waals surface area contributed by atoms with Gasteiger partial charge in [-0.2, -0.15) is 5.21 Å². The van der Waals surface area contributed by atoms with Crippen molar-refractivity contribution in [3.63, 3.8) is 0 Å². The van der Waals surface area contributed by atoms with Crippen LogP contribution in [-0.4, -0.2) is 26.5 Å². The highest BCUT2D eigenvalue weighted by Crippen LogP contribution is 2.18. The van der Waals surface area contributed by atoms with E-state index in [1.165, 1.54) is 6.07 Å². The molecule has 8 nitrogen and oxygen atoms in total. The third kappa shape index (κ3) is 2.88. The average molecular weight is 333 g/mol. The van der Waals surface area contributed by atoms with Crippen LogP contribution in [0, 0.1) is 0 Å². The number of tetrazole rings is 1. The molecule has 2 aromatic heterocycles. The molecule has 4 rings (SSSR count). The van der Waals surface area contributed by atoms with Gasteiger partial charge >= 0.3 is 5.63 Å². The molecule has 0 unspecified atom stereocenters. The Morgan fingerprint density at radius 3 is 2.64 bits per heavy atom. The second-order valence-electron chi connectivity index (χ2n) is 5.25. The number of aromatic nitrogens is 4. The maximum Gasteiger partial charge on any atom is 0.349 e. The number of carbonyl (C=O) groups excluding carboxylic acids is 1. The van der Waals surface area contributed by atoms with Crippen LogP contribution < -0.4 is 10.9 Å². The number of rotatable bonds is 3. The van der Waals surface area contributed by atoms with E-state index in [9.17, 15) is 9.59 Å². The standard InChI is InChI=1S/C17H11N5O3/c23-16(13-9-11-3-1-2-4-14(11)25-17(13)24)18-12-7-5-10(6-8-12)15-19-21-22-20-15/h1-9H,(H,18,23)(H,19,20,21,22). The van der Waals surface area contributed by atoms with Crippen LogP contribution in [0.3, 0.4) is 0 Å². The molecule has 0 bridgehead atoms. The summed E-state index contributed by atoms with van der Waals surface area (Å²) in [6.07, 6.45) is 0. The number of hydrogen-bond donors (Lipinski definition) is 2. The molecular weight excluding hydrogens is 322 g/mol. The van der Waals surface area contributed by atoms with Crippen molar-refractivity contribution in [1.82, 2.24) is 20.6 Å². The van der Waals surface area contributed by atoms with Crippen molar-refractivity contribution in [2.45, 2.75) is 0 Å². The zero-order valence-corrected chi connectivity index (χ0v) is 12.8. The van der Waals surface area contributed by atoms with Crippen molar-refractivity contribution < 1.29 is 9.21 Å². The Hall–Kier alpha value is -3.81. The summed E-state index contributed by atoms with van der Waals surface area (Å²) in [6.45, 7) is 0. The van der Waals surface area contributed by atoms with Gasteiger partial charge in [0.1, 0.15) is 11.1 Å². The van der Waals surface area contributed by atoms with Crippen LogP contribution in [-0.2, 0) is 0 Å². The molecule has 25 heavy (non-hydrogen) atoms. The molecule has 1 amide bonds. The number of fused-ring (bicyclic) bond motifs is 1. The van der Waals surface area contributed by atoms with Gasteiger partial charge in [-0.3, -0.25) is 4.79 Å². The van der Waals surface area contributed by atoms with Crippen molar-refractivity contribution >= 4 is 22.6 Å². The Labute approximate surface area is 140 Å². The van der Waals surface area contributed by atoms with Crippen LogP contribution >= 0.6 is 0 Å². The van der Waals surface area contributed by atoms with E-state index < -0.39 is 11.5 Å². The Balaban J connectivity index is 1.60. The lowest BCUT2D eigenvalue weighted by Gasteiger charge is -2.05. The van der Waals surface area contributed by atoms with Gasteiger partial charge in [-0.1, -0.05) is 18.2 Å². The molecule has 0 spiro atoms. The molecule has 0 aliphatic heterocycles. The van der Waals surface area contributed by atoms with Crippen molar-refractivity contribution in [2.24, 2.45) is 0 Å². The van der Waals surface area contributed by atoms with Crippen molar-refractivity contribution in [1.29, 1.82) is 0 Å². The van der Waals surface area contributed by atoms with Gasteiger partial charge in [0, 0.05) is 16.6 Å². The first-order valence-corrected chi connectivity index (χ1v) is 7.39. The fourth-order valence-corrected chi connectivity index (χ4v) is 2.41. The average Bonchev–Trinajstić information content (AvgIpc) is 3.16. The number of para-hydroxylation sites is 1. The summed E-state index contributed by atoms with van der Waals surface area (Å²) in [5.74, 6) is -0.0835. The molecule has 122 valence electrons. The summed E-state index contributed by atoms with van der Waals surface area (Å²) in [5.41, 5.74) is 0.982. The first kappa shape index (κ1) is 14.8. The van der Waals surface area contributed by atoms with Crippen LogP contribution in [0.2, 0.25) is 0 Å². The smallest absolute Gasteiger partial charge is 0.349 e. The van der Waals surface area contributed by atoms with Crippen molar-refractivity contribution in [2.75, 3.05) is 5.32 Å². The molecule has 4 aromatic rings. The van der Waals surface area contributed by atoms with E-state index in [0.717, 1.165) is 5.56 Å². The highest BCUT2D eigenvalue weighted by molar-refractivity contribution is 6.05.